The van der Waals surface area contributed by atoms with E-state index in [0.29, 0.717) is 23.2 Å². The summed E-state index contributed by atoms with van der Waals surface area (Å²) in [5.41, 5.74) is 1.08. The lowest BCUT2D eigenvalue weighted by molar-refractivity contribution is 0.0718. The molecule has 0 bridgehead atoms. The molecule has 136 valence electrons. The van der Waals surface area contributed by atoms with E-state index in [1.807, 2.05) is 9.80 Å². The third kappa shape index (κ3) is 4.50. The van der Waals surface area contributed by atoms with E-state index in [4.69, 9.17) is 0 Å². The summed E-state index contributed by atoms with van der Waals surface area (Å²) in [6, 6.07) is 3.38. The number of pyridine rings is 1. The summed E-state index contributed by atoms with van der Waals surface area (Å²) in [6.07, 6.45) is 6.06. The SMILES string of the molecule is C[C@H]1C[C@H](C)CN(C(=O)Nc2ccc(C(=O)N3CCCCC3)nc2)C1. The van der Waals surface area contributed by atoms with Crippen molar-refractivity contribution in [2.45, 2.75) is 39.5 Å². The van der Waals surface area contributed by atoms with E-state index < -0.39 is 0 Å². The Morgan fingerprint density at radius 2 is 1.72 bits per heavy atom. The zero-order chi connectivity index (χ0) is 17.8. The molecule has 2 fully saturated rings. The van der Waals surface area contributed by atoms with Gasteiger partial charge >= 0.3 is 6.03 Å². The van der Waals surface area contributed by atoms with Gasteiger partial charge in [-0.25, -0.2) is 9.78 Å². The van der Waals surface area contributed by atoms with Gasteiger partial charge in [-0.1, -0.05) is 13.8 Å². The monoisotopic (exact) mass is 344 g/mol. The molecular formula is C19H28N4O2. The lowest BCUT2D eigenvalue weighted by Crippen LogP contribution is -2.44. The van der Waals surface area contributed by atoms with Gasteiger partial charge in [0.2, 0.25) is 0 Å². The second-order valence-corrected chi connectivity index (χ2v) is 7.57. The molecule has 2 aliphatic heterocycles. The number of anilines is 1. The van der Waals surface area contributed by atoms with Crippen molar-refractivity contribution in [2.24, 2.45) is 11.8 Å². The highest BCUT2D eigenvalue weighted by molar-refractivity contribution is 5.93. The minimum absolute atomic E-state index is 0.0174. The van der Waals surface area contributed by atoms with Crippen LogP contribution in [0.4, 0.5) is 10.5 Å². The molecule has 0 saturated carbocycles. The molecule has 0 radical (unpaired) electrons. The van der Waals surface area contributed by atoms with Crippen LogP contribution in [-0.4, -0.2) is 52.9 Å². The quantitative estimate of drug-likeness (QED) is 0.896. The van der Waals surface area contributed by atoms with Crippen molar-refractivity contribution in [3.63, 3.8) is 0 Å². The van der Waals surface area contributed by atoms with E-state index in [0.717, 1.165) is 39.0 Å². The molecule has 2 atom stereocenters. The lowest BCUT2D eigenvalue weighted by Gasteiger charge is -2.34. The Hall–Kier alpha value is -2.11. The molecule has 0 aliphatic carbocycles. The molecule has 0 spiro atoms. The number of urea groups is 1. The summed E-state index contributed by atoms with van der Waals surface area (Å²) in [5, 5.41) is 2.90. The molecule has 1 aromatic heterocycles. The van der Waals surface area contributed by atoms with Gasteiger partial charge < -0.3 is 15.1 Å². The Labute approximate surface area is 149 Å². The summed E-state index contributed by atoms with van der Waals surface area (Å²) in [7, 11) is 0. The molecule has 25 heavy (non-hydrogen) atoms. The number of hydrogen-bond acceptors (Lipinski definition) is 3. The Morgan fingerprint density at radius 1 is 1.04 bits per heavy atom. The molecule has 1 N–H and O–H groups in total. The fourth-order valence-electron chi connectivity index (χ4n) is 3.88. The first-order valence-corrected chi connectivity index (χ1v) is 9.34. The smallest absolute Gasteiger partial charge is 0.321 e. The van der Waals surface area contributed by atoms with Crippen molar-refractivity contribution in [3.8, 4) is 0 Å². The van der Waals surface area contributed by atoms with Crippen LogP contribution in [0.5, 0.6) is 0 Å². The average molecular weight is 344 g/mol. The highest BCUT2D eigenvalue weighted by atomic mass is 16.2. The number of aromatic nitrogens is 1. The first-order valence-electron chi connectivity index (χ1n) is 9.34. The van der Waals surface area contributed by atoms with Gasteiger partial charge in [-0.05, 0) is 49.7 Å². The highest BCUT2D eigenvalue weighted by Crippen LogP contribution is 2.21. The number of nitrogens with one attached hydrogen (secondary N) is 1. The second kappa shape index (κ2) is 7.85. The first-order chi connectivity index (χ1) is 12.0. The number of hydrogen-bond donors (Lipinski definition) is 1. The minimum Gasteiger partial charge on any atom is -0.337 e. The van der Waals surface area contributed by atoms with Gasteiger partial charge in [0.05, 0.1) is 11.9 Å². The second-order valence-electron chi connectivity index (χ2n) is 7.57. The molecular weight excluding hydrogens is 316 g/mol. The number of carbonyl (C=O) groups is 2. The summed E-state index contributed by atoms with van der Waals surface area (Å²) >= 11 is 0. The number of nitrogens with zero attached hydrogens (tertiary/aromatic N) is 3. The van der Waals surface area contributed by atoms with Gasteiger partial charge in [0.25, 0.3) is 5.91 Å². The molecule has 0 aromatic carbocycles. The van der Waals surface area contributed by atoms with Crippen LogP contribution in [-0.2, 0) is 0 Å². The fourth-order valence-corrected chi connectivity index (χ4v) is 3.88. The van der Waals surface area contributed by atoms with E-state index in [1.54, 1.807) is 18.3 Å². The van der Waals surface area contributed by atoms with Gasteiger partial charge in [0, 0.05) is 26.2 Å². The van der Waals surface area contributed by atoms with E-state index in [9.17, 15) is 9.59 Å². The molecule has 6 nitrogen and oxygen atoms in total. The Kier molecular flexibility index (Phi) is 5.56. The predicted molar refractivity (Wildman–Crippen MR) is 97.5 cm³/mol. The Bertz CT molecular complexity index is 600. The zero-order valence-electron chi connectivity index (χ0n) is 15.2. The highest BCUT2D eigenvalue weighted by Gasteiger charge is 2.25. The van der Waals surface area contributed by atoms with Crippen LogP contribution < -0.4 is 5.32 Å². The summed E-state index contributed by atoms with van der Waals surface area (Å²) in [5.74, 6) is 1.03. The van der Waals surface area contributed by atoms with E-state index in [2.05, 4.69) is 24.1 Å². The van der Waals surface area contributed by atoms with E-state index >= 15 is 0 Å². The summed E-state index contributed by atoms with van der Waals surface area (Å²) in [6.45, 7) is 7.55. The summed E-state index contributed by atoms with van der Waals surface area (Å²) < 4.78 is 0. The van der Waals surface area contributed by atoms with Gasteiger partial charge in [-0.2, -0.15) is 0 Å². The maximum atomic E-state index is 12.4. The van der Waals surface area contributed by atoms with Crippen LogP contribution in [0, 0.1) is 11.8 Å². The van der Waals surface area contributed by atoms with Gasteiger partial charge in [-0.3, -0.25) is 4.79 Å². The lowest BCUT2D eigenvalue weighted by atomic mass is 9.92. The largest absolute Gasteiger partial charge is 0.337 e. The molecule has 2 aliphatic rings. The molecule has 2 saturated heterocycles. The normalized spacial score (nSPS) is 24.1. The average Bonchev–Trinajstić information content (AvgIpc) is 2.61. The van der Waals surface area contributed by atoms with Crippen molar-refractivity contribution < 1.29 is 9.59 Å². The minimum atomic E-state index is -0.0877. The summed E-state index contributed by atoms with van der Waals surface area (Å²) in [4.78, 5) is 32.8. The van der Waals surface area contributed by atoms with Crippen molar-refractivity contribution in [1.82, 2.24) is 14.8 Å². The Balaban J connectivity index is 1.58. The van der Waals surface area contributed by atoms with Crippen LogP contribution in [0.3, 0.4) is 0 Å². The Morgan fingerprint density at radius 3 is 2.32 bits per heavy atom. The topological polar surface area (TPSA) is 65.5 Å². The first kappa shape index (κ1) is 17.7. The molecule has 3 rings (SSSR count). The van der Waals surface area contributed by atoms with Crippen LogP contribution in [0.2, 0.25) is 0 Å². The number of amides is 3. The van der Waals surface area contributed by atoms with Gasteiger partial charge in [0.1, 0.15) is 5.69 Å². The molecule has 1 aromatic rings. The van der Waals surface area contributed by atoms with Crippen molar-refractivity contribution in [2.75, 3.05) is 31.5 Å². The number of likely N-dealkylation sites (tertiary alicyclic amines) is 2. The standard InChI is InChI=1S/C19H28N4O2/c1-14-10-15(2)13-23(12-14)19(25)21-16-6-7-17(20-11-16)18(24)22-8-4-3-5-9-22/h6-7,11,14-15H,3-5,8-10,12-13H2,1-2H3,(H,21,25)/t14-,15-/m0/s1. The van der Waals surface area contributed by atoms with Crippen LogP contribution in [0.1, 0.15) is 50.0 Å². The fraction of sp³-hybridized carbons (Fsp3) is 0.632. The molecule has 0 unspecified atom stereocenters. The van der Waals surface area contributed by atoms with E-state index in [-0.39, 0.29) is 11.9 Å². The predicted octanol–water partition coefficient (Wildman–Crippen LogP) is 3.22. The number of piperidine rings is 2. The number of carbonyl (C=O) groups excluding carboxylic acids is 2. The third-order valence-corrected chi connectivity index (χ3v) is 5.03. The van der Waals surface area contributed by atoms with Crippen molar-refractivity contribution >= 4 is 17.6 Å². The van der Waals surface area contributed by atoms with Crippen molar-refractivity contribution in [1.29, 1.82) is 0 Å². The molecule has 3 amide bonds. The van der Waals surface area contributed by atoms with Crippen LogP contribution in [0.15, 0.2) is 18.3 Å². The van der Waals surface area contributed by atoms with E-state index in [1.165, 1.54) is 12.8 Å². The van der Waals surface area contributed by atoms with Gasteiger partial charge in [-0.15, -0.1) is 0 Å². The number of rotatable bonds is 2. The third-order valence-electron chi connectivity index (χ3n) is 5.03. The molecule has 6 heteroatoms. The van der Waals surface area contributed by atoms with Gasteiger partial charge in [0.15, 0.2) is 0 Å². The maximum Gasteiger partial charge on any atom is 0.321 e. The molecule has 3 heterocycles. The zero-order valence-corrected chi connectivity index (χ0v) is 15.2. The maximum absolute atomic E-state index is 12.4. The van der Waals surface area contributed by atoms with Crippen molar-refractivity contribution in [3.05, 3.63) is 24.0 Å². The van der Waals surface area contributed by atoms with Crippen LogP contribution in [0.25, 0.3) is 0 Å². The van der Waals surface area contributed by atoms with Crippen LogP contribution >= 0.6 is 0 Å².